The van der Waals surface area contributed by atoms with Crippen LogP contribution in [0, 0.1) is 0 Å². The molecule has 0 unspecified atom stereocenters. The molecule has 28 heavy (non-hydrogen) atoms. The molecule has 0 fully saturated rings. The second-order valence-corrected chi connectivity index (χ2v) is 8.08. The lowest BCUT2D eigenvalue weighted by Gasteiger charge is -2.11. The maximum absolute atomic E-state index is 12.7. The van der Waals surface area contributed by atoms with Crippen molar-refractivity contribution >= 4 is 35.0 Å². The number of benzene rings is 3. The lowest BCUT2D eigenvalue weighted by Crippen LogP contribution is -2.14. The summed E-state index contributed by atoms with van der Waals surface area (Å²) in [5.41, 5.74) is 3.75. The van der Waals surface area contributed by atoms with E-state index in [0.717, 1.165) is 15.5 Å². The molecule has 4 nitrogen and oxygen atoms in total. The summed E-state index contributed by atoms with van der Waals surface area (Å²) in [6.07, 6.45) is 0. The predicted molar refractivity (Wildman–Crippen MR) is 113 cm³/mol. The second kappa shape index (κ2) is 7.52. The first-order valence-corrected chi connectivity index (χ1v) is 9.96. The summed E-state index contributed by atoms with van der Waals surface area (Å²) in [5, 5.41) is 5.83. The summed E-state index contributed by atoms with van der Waals surface area (Å²) >= 11 is 1.52. The Hall–Kier alpha value is -3.05. The molecule has 0 atom stereocenters. The average Bonchev–Trinajstić information content (AvgIpc) is 2.83. The van der Waals surface area contributed by atoms with E-state index in [4.69, 9.17) is 0 Å². The van der Waals surface area contributed by atoms with Gasteiger partial charge in [0.15, 0.2) is 0 Å². The molecule has 1 heterocycles. The van der Waals surface area contributed by atoms with Crippen molar-refractivity contribution in [2.75, 3.05) is 10.6 Å². The molecule has 3 aromatic rings. The maximum atomic E-state index is 12.7. The van der Waals surface area contributed by atoms with Gasteiger partial charge in [-0.05, 0) is 53.9 Å². The molecule has 2 N–H and O–H groups in total. The minimum atomic E-state index is -0.207. The Morgan fingerprint density at radius 2 is 1.71 bits per heavy atom. The molecule has 0 bridgehead atoms. The zero-order valence-corrected chi connectivity index (χ0v) is 16.5. The summed E-state index contributed by atoms with van der Waals surface area (Å²) < 4.78 is 0. The summed E-state index contributed by atoms with van der Waals surface area (Å²) in [5.74, 6) is 0.0735. The fourth-order valence-corrected chi connectivity index (χ4v) is 4.07. The van der Waals surface area contributed by atoms with Gasteiger partial charge in [-0.15, -0.1) is 0 Å². The topological polar surface area (TPSA) is 58.2 Å². The highest BCUT2D eigenvalue weighted by Gasteiger charge is 2.20. The van der Waals surface area contributed by atoms with Crippen LogP contribution in [-0.4, -0.2) is 11.8 Å². The molecule has 5 heteroatoms. The Morgan fingerprint density at radius 1 is 0.964 bits per heavy atom. The normalized spacial score (nSPS) is 12.6. The van der Waals surface area contributed by atoms with E-state index in [1.807, 2.05) is 48.5 Å². The van der Waals surface area contributed by atoms with Crippen LogP contribution in [0.3, 0.4) is 0 Å². The van der Waals surface area contributed by atoms with Gasteiger partial charge in [-0.2, -0.15) is 0 Å². The van der Waals surface area contributed by atoms with Crippen LogP contribution in [0.5, 0.6) is 0 Å². The maximum Gasteiger partial charge on any atom is 0.256 e. The number of nitrogens with one attached hydrogen (secondary N) is 2. The summed E-state index contributed by atoms with van der Waals surface area (Å²) in [6.45, 7) is 4.27. The van der Waals surface area contributed by atoms with Crippen molar-refractivity contribution in [3.8, 4) is 0 Å². The SMILES string of the molecule is CC(C)c1ccc(NC(=O)c2ccc3c(c2)NC(=O)c2ccccc2S3)cc1. The Kier molecular flexibility index (Phi) is 4.92. The van der Waals surface area contributed by atoms with E-state index < -0.39 is 0 Å². The van der Waals surface area contributed by atoms with E-state index in [1.54, 1.807) is 18.2 Å². The predicted octanol–water partition coefficient (Wildman–Crippen LogP) is 5.78. The number of carbonyl (C=O) groups is 2. The highest BCUT2D eigenvalue weighted by Crippen LogP contribution is 2.39. The van der Waals surface area contributed by atoms with E-state index >= 15 is 0 Å². The third kappa shape index (κ3) is 3.66. The zero-order valence-electron chi connectivity index (χ0n) is 15.7. The molecular weight excluding hydrogens is 368 g/mol. The smallest absolute Gasteiger partial charge is 0.256 e. The van der Waals surface area contributed by atoms with Gasteiger partial charge >= 0.3 is 0 Å². The van der Waals surface area contributed by atoms with Crippen LogP contribution in [0.25, 0.3) is 0 Å². The molecule has 0 saturated carbocycles. The molecule has 0 aliphatic carbocycles. The van der Waals surface area contributed by atoms with Crippen LogP contribution in [0.1, 0.15) is 46.0 Å². The van der Waals surface area contributed by atoms with E-state index in [2.05, 4.69) is 24.5 Å². The van der Waals surface area contributed by atoms with Gasteiger partial charge in [-0.25, -0.2) is 0 Å². The minimum Gasteiger partial charge on any atom is -0.322 e. The van der Waals surface area contributed by atoms with Crippen LogP contribution in [0.15, 0.2) is 76.5 Å². The Bertz CT molecular complexity index is 1060. The number of hydrogen-bond donors (Lipinski definition) is 2. The number of amides is 2. The van der Waals surface area contributed by atoms with Gasteiger partial charge in [0.25, 0.3) is 11.8 Å². The van der Waals surface area contributed by atoms with Gasteiger partial charge in [-0.3, -0.25) is 9.59 Å². The van der Waals surface area contributed by atoms with Crippen LogP contribution in [0.4, 0.5) is 11.4 Å². The minimum absolute atomic E-state index is 0.163. The number of carbonyl (C=O) groups excluding carboxylic acids is 2. The zero-order chi connectivity index (χ0) is 19.7. The lowest BCUT2D eigenvalue weighted by atomic mass is 10.0. The van der Waals surface area contributed by atoms with Crippen LogP contribution in [-0.2, 0) is 0 Å². The molecule has 3 aromatic carbocycles. The summed E-state index contributed by atoms with van der Waals surface area (Å²) in [7, 11) is 0. The third-order valence-corrected chi connectivity index (χ3v) is 5.83. The van der Waals surface area contributed by atoms with Crippen LogP contribution < -0.4 is 10.6 Å². The van der Waals surface area contributed by atoms with Crippen molar-refractivity contribution in [2.24, 2.45) is 0 Å². The molecule has 1 aliphatic heterocycles. The molecule has 0 radical (unpaired) electrons. The van der Waals surface area contributed by atoms with Crippen LogP contribution in [0.2, 0.25) is 0 Å². The molecule has 0 saturated heterocycles. The summed E-state index contributed by atoms with van der Waals surface area (Å²) in [6, 6.07) is 20.7. The highest BCUT2D eigenvalue weighted by molar-refractivity contribution is 7.99. The lowest BCUT2D eigenvalue weighted by molar-refractivity contribution is 0.101. The van der Waals surface area contributed by atoms with Gasteiger partial charge in [0, 0.05) is 21.0 Å². The first-order valence-electron chi connectivity index (χ1n) is 9.15. The monoisotopic (exact) mass is 388 g/mol. The van der Waals surface area contributed by atoms with Crippen molar-refractivity contribution in [1.29, 1.82) is 0 Å². The number of fused-ring (bicyclic) bond motifs is 2. The standard InChI is InChI=1S/C23H20N2O2S/c1-14(2)15-7-10-17(11-8-15)24-22(26)16-9-12-21-19(13-16)25-23(27)18-5-3-4-6-20(18)28-21/h3-14H,1-2H3,(H,24,26)(H,25,27). The van der Waals surface area contributed by atoms with E-state index in [9.17, 15) is 9.59 Å². The molecule has 4 rings (SSSR count). The van der Waals surface area contributed by atoms with E-state index in [-0.39, 0.29) is 11.8 Å². The first kappa shape index (κ1) is 18.3. The molecular formula is C23H20N2O2S. The second-order valence-electron chi connectivity index (χ2n) is 6.99. The van der Waals surface area contributed by atoms with Gasteiger partial charge in [0.2, 0.25) is 0 Å². The van der Waals surface area contributed by atoms with Crippen molar-refractivity contribution < 1.29 is 9.59 Å². The van der Waals surface area contributed by atoms with E-state index in [0.29, 0.717) is 22.7 Å². The van der Waals surface area contributed by atoms with Gasteiger partial charge in [0.1, 0.15) is 0 Å². The van der Waals surface area contributed by atoms with Crippen molar-refractivity contribution in [1.82, 2.24) is 0 Å². The number of anilines is 2. The van der Waals surface area contributed by atoms with Crippen molar-refractivity contribution in [3.63, 3.8) is 0 Å². The Morgan fingerprint density at radius 3 is 2.46 bits per heavy atom. The van der Waals surface area contributed by atoms with Crippen LogP contribution >= 0.6 is 11.8 Å². The molecule has 0 aromatic heterocycles. The van der Waals surface area contributed by atoms with Crippen molar-refractivity contribution in [3.05, 3.63) is 83.4 Å². The Labute approximate surface area is 168 Å². The molecule has 1 aliphatic rings. The molecule has 0 spiro atoms. The van der Waals surface area contributed by atoms with E-state index in [1.165, 1.54) is 17.3 Å². The Balaban J connectivity index is 1.56. The first-order chi connectivity index (χ1) is 13.5. The highest BCUT2D eigenvalue weighted by atomic mass is 32.2. The average molecular weight is 388 g/mol. The number of rotatable bonds is 3. The largest absolute Gasteiger partial charge is 0.322 e. The molecule has 140 valence electrons. The molecule has 2 amide bonds. The number of hydrogen-bond acceptors (Lipinski definition) is 3. The quantitative estimate of drug-likeness (QED) is 0.598. The fourth-order valence-electron chi connectivity index (χ4n) is 3.06. The summed E-state index contributed by atoms with van der Waals surface area (Å²) in [4.78, 5) is 27.0. The van der Waals surface area contributed by atoms with Crippen molar-refractivity contribution in [2.45, 2.75) is 29.6 Å². The third-order valence-electron chi connectivity index (χ3n) is 4.68. The fraction of sp³-hybridized carbons (Fsp3) is 0.130. The van der Waals surface area contributed by atoms with Gasteiger partial charge < -0.3 is 10.6 Å². The van der Waals surface area contributed by atoms with Gasteiger partial charge in [0.05, 0.1) is 11.3 Å². The van der Waals surface area contributed by atoms with Gasteiger partial charge in [-0.1, -0.05) is 49.9 Å².